The molecular formula is C25H28N4O2S. The van der Waals surface area contributed by atoms with E-state index in [9.17, 15) is 4.79 Å². The van der Waals surface area contributed by atoms with Gasteiger partial charge in [0.1, 0.15) is 5.75 Å². The summed E-state index contributed by atoms with van der Waals surface area (Å²) in [4.78, 5) is 21.7. The number of hydrogen-bond donors (Lipinski definition) is 1. The lowest BCUT2D eigenvalue weighted by atomic mass is 10.2. The van der Waals surface area contributed by atoms with Gasteiger partial charge in [0.25, 0.3) is 0 Å². The van der Waals surface area contributed by atoms with E-state index in [0.29, 0.717) is 11.7 Å². The van der Waals surface area contributed by atoms with Gasteiger partial charge in [-0.2, -0.15) is 0 Å². The number of aromatic nitrogens is 1. The molecule has 1 aliphatic heterocycles. The zero-order valence-electron chi connectivity index (χ0n) is 18.2. The van der Waals surface area contributed by atoms with Crippen LogP contribution in [0.1, 0.15) is 5.56 Å². The van der Waals surface area contributed by atoms with Gasteiger partial charge in [0.15, 0.2) is 5.13 Å². The summed E-state index contributed by atoms with van der Waals surface area (Å²) in [6.07, 6.45) is 4.37. The molecule has 32 heavy (non-hydrogen) atoms. The fourth-order valence-electron chi connectivity index (χ4n) is 3.62. The second kappa shape index (κ2) is 11.0. The number of methoxy groups -OCH3 is 1. The number of anilines is 1. The second-order valence-electron chi connectivity index (χ2n) is 7.70. The van der Waals surface area contributed by atoms with Gasteiger partial charge in [-0.05, 0) is 29.8 Å². The van der Waals surface area contributed by atoms with Crippen LogP contribution in [-0.4, -0.2) is 67.1 Å². The molecule has 3 aromatic rings. The summed E-state index contributed by atoms with van der Waals surface area (Å²) in [5, 5.41) is 5.53. The molecule has 2 aromatic carbocycles. The van der Waals surface area contributed by atoms with Gasteiger partial charge in [0.2, 0.25) is 5.91 Å². The summed E-state index contributed by atoms with van der Waals surface area (Å²) in [6, 6.07) is 18.1. The number of carbonyl (C=O) groups is 1. The van der Waals surface area contributed by atoms with Crippen molar-refractivity contribution in [3.8, 4) is 17.0 Å². The van der Waals surface area contributed by atoms with Crippen LogP contribution in [0.15, 0.2) is 66.1 Å². The molecule has 1 amide bonds. The Morgan fingerprint density at radius 3 is 2.50 bits per heavy atom. The number of nitrogens with zero attached hydrogens (tertiary/aromatic N) is 3. The van der Waals surface area contributed by atoms with Crippen LogP contribution < -0.4 is 10.1 Å². The van der Waals surface area contributed by atoms with Gasteiger partial charge in [-0.25, -0.2) is 4.98 Å². The highest BCUT2D eigenvalue weighted by molar-refractivity contribution is 7.14. The number of rotatable bonds is 8. The van der Waals surface area contributed by atoms with Crippen molar-refractivity contribution in [2.75, 3.05) is 51.7 Å². The number of hydrogen-bond acceptors (Lipinski definition) is 6. The zero-order chi connectivity index (χ0) is 22.2. The lowest BCUT2D eigenvalue weighted by Gasteiger charge is -2.33. The molecule has 0 radical (unpaired) electrons. The summed E-state index contributed by atoms with van der Waals surface area (Å²) in [5.74, 6) is 0.794. The van der Waals surface area contributed by atoms with Gasteiger partial charge < -0.3 is 10.1 Å². The smallest absolute Gasteiger partial charge is 0.240 e. The van der Waals surface area contributed by atoms with E-state index in [1.54, 1.807) is 7.11 Å². The number of nitrogens with one attached hydrogen (secondary N) is 1. The first-order valence-electron chi connectivity index (χ1n) is 10.8. The number of amides is 1. The maximum Gasteiger partial charge on any atom is 0.240 e. The van der Waals surface area contributed by atoms with Crippen molar-refractivity contribution < 1.29 is 9.53 Å². The minimum Gasteiger partial charge on any atom is -0.497 e. The van der Waals surface area contributed by atoms with E-state index in [1.165, 1.54) is 16.9 Å². The van der Waals surface area contributed by atoms with Gasteiger partial charge in [-0.3, -0.25) is 14.6 Å². The Balaban J connectivity index is 1.20. The molecule has 7 heteroatoms. The number of carbonyl (C=O) groups excluding carboxylic acids is 1. The minimum absolute atomic E-state index is 0.0157. The fraction of sp³-hybridized carbons (Fsp3) is 0.280. The predicted octanol–water partition coefficient (Wildman–Crippen LogP) is 4.09. The molecule has 0 unspecified atom stereocenters. The molecule has 0 aliphatic carbocycles. The lowest BCUT2D eigenvalue weighted by Crippen LogP contribution is -2.48. The highest BCUT2D eigenvalue weighted by Crippen LogP contribution is 2.26. The van der Waals surface area contributed by atoms with Gasteiger partial charge in [-0.1, -0.05) is 42.5 Å². The Bertz CT molecular complexity index is 1030. The molecule has 1 aliphatic rings. The average molecular weight is 449 g/mol. The van der Waals surface area contributed by atoms with Crippen molar-refractivity contribution in [3.63, 3.8) is 0 Å². The van der Waals surface area contributed by atoms with Gasteiger partial charge in [-0.15, -0.1) is 11.3 Å². The third-order valence-electron chi connectivity index (χ3n) is 5.44. The summed E-state index contributed by atoms with van der Waals surface area (Å²) >= 11 is 1.44. The summed E-state index contributed by atoms with van der Waals surface area (Å²) in [5.41, 5.74) is 3.07. The fourth-order valence-corrected chi connectivity index (χ4v) is 4.36. The first-order chi connectivity index (χ1) is 15.7. The van der Waals surface area contributed by atoms with Crippen LogP contribution in [0.2, 0.25) is 0 Å². The normalized spacial score (nSPS) is 15.2. The van der Waals surface area contributed by atoms with E-state index < -0.39 is 0 Å². The quantitative estimate of drug-likeness (QED) is 0.563. The Hall–Kier alpha value is -3.00. The molecule has 1 saturated heterocycles. The SMILES string of the molecule is COc1ccc(-c2csc(NC(=O)CN3CCN(C/C=C/c4ccccc4)CC3)n2)cc1. The Labute approximate surface area is 193 Å². The Morgan fingerprint density at radius 1 is 1.06 bits per heavy atom. The first kappa shape index (κ1) is 22.2. The number of ether oxygens (including phenoxy) is 1. The minimum atomic E-state index is -0.0157. The topological polar surface area (TPSA) is 57.7 Å². The van der Waals surface area contributed by atoms with Crippen LogP contribution in [0.25, 0.3) is 17.3 Å². The van der Waals surface area contributed by atoms with Crippen molar-refractivity contribution in [3.05, 3.63) is 71.6 Å². The molecule has 1 fully saturated rings. The summed E-state index contributed by atoms with van der Waals surface area (Å²) < 4.78 is 5.19. The van der Waals surface area contributed by atoms with Gasteiger partial charge in [0, 0.05) is 43.7 Å². The molecule has 1 N–H and O–H groups in total. The van der Waals surface area contributed by atoms with Crippen molar-refractivity contribution in [1.82, 2.24) is 14.8 Å². The molecule has 0 bridgehead atoms. The third-order valence-corrected chi connectivity index (χ3v) is 6.20. The number of thiazole rings is 1. The van der Waals surface area contributed by atoms with Crippen molar-refractivity contribution >= 4 is 28.5 Å². The largest absolute Gasteiger partial charge is 0.497 e. The molecular weight excluding hydrogens is 420 g/mol. The standard InChI is InChI=1S/C25H28N4O2S/c1-31-22-11-9-21(10-12-22)23-19-32-25(26-23)27-24(30)18-29-16-14-28(15-17-29)13-5-8-20-6-3-2-4-7-20/h2-12,19H,13-18H2,1H3,(H,26,27,30)/b8-5+. The summed E-state index contributed by atoms with van der Waals surface area (Å²) in [7, 11) is 1.65. The van der Waals surface area contributed by atoms with Crippen LogP contribution in [0, 0.1) is 0 Å². The Kier molecular flexibility index (Phi) is 7.66. The zero-order valence-corrected chi connectivity index (χ0v) is 19.1. The Morgan fingerprint density at radius 2 is 1.78 bits per heavy atom. The van der Waals surface area contributed by atoms with Crippen LogP contribution >= 0.6 is 11.3 Å². The van der Waals surface area contributed by atoms with Crippen molar-refractivity contribution in [2.45, 2.75) is 0 Å². The summed E-state index contributed by atoms with van der Waals surface area (Å²) in [6.45, 7) is 5.03. The van der Waals surface area contributed by atoms with Crippen LogP contribution in [0.5, 0.6) is 5.75 Å². The maximum absolute atomic E-state index is 12.5. The van der Waals surface area contributed by atoms with Crippen molar-refractivity contribution in [1.29, 1.82) is 0 Å². The number of piperazine rings is 1. The van der Waals surface area contributed by atoms with Crippen LogP contribution in [0.4, 0.5) is 5.13 Å². The molecule has 1 aromatic heterocycles. The van der Waals surface area contributed by atoms with Crippen molar-refractivity contribution in [2.24, 2.45) is 0 Å². The highest BCUT2D eigenvalue weighted by Gasteiger charge is 2.18. The van der Waals surface area contributed by atoms with Gasteiger partial charge in [0.05, 0.1) is 19.3 Å². The van der Waals surface area contributed by atoms with E-state index in [0.717, 1.165) is 49.7 Å². The molecule has 0 saturated carbocycles. The molecule has 0 atom stereocenters. The molecule has 166 valence electrons. The molecule has 0 spiro atoms. The van der Waals surface area contributed by atoms with E-state index in [4.69, 9.17) is 4.74 Å². The average Bonchev–Trinajstić information content (AvgIpc) is 3.29. The van der Waals surface area contributed by atoms with E-state index in [-0.39, 0.29) is 5.91 Å². The lowest BCUT2D eigenvalue weighted by molar-refractivity contribution is -0.117. The molecule has 6 nitrogen and oxygen atoms in total. The second-order valence-corrected chi connectivity index (χ2v) is 8.56. The van der Waals surface area contributed by atoms with E-state index in [1.807, 2.05) is 35.7 Å². The third kappa shape index (κ3) is 6.26. The molecule has 2 heterocycles. The van der Waals surface area contributed by atoms with Crippen LogP contribution in [-0.2, 0) is 4.79 Å². The van der Waals surface area contributed by atoms with E-state index in [2.05, 4.69) is 56.5 Å². The predicted molar refractivity (Wildman–Crippen MR) is 131 cm³/mol. The first-order valence-corrected chi connectivity index (χ1v) is 11.6. The monoisotopic (exact) mass is 448 g/mol. The van der Waals surface area contributed by atoms with Crippen LogP contribution in [0.3, 0.4) is 0 Å². The molecule has 4 rings (SSSR count). The highest BCUT2D eigenvalue weighted by atomic mass is 32.1. The van der Waals surface area contributed by atoms with Gasteiger partial charge >= 0.3 is 0 Å². The maximum atomic E-state index is 12.5. The van der Waals surface area contributed by atoms with E-state index >= 15 is 0 Å². The number of benzene rings is 2.